The molecule has 4 rings (SSSR count). The summed E-state index contributed by atoms with van der Waals surface area (Å²) in [6, 6.07) is 14.7. The number of hydrogen-bond acceptors (Lipinski definition) is 2. The van der Waals surface area contributed by atoms with Crippen molar-refractivity contribution < 1.29 is 5.11 Å². The third-order valence-corrected chi connectivity index (χ3v) is 4.85. The highest BCUT2D eigenvalue weighted by molar-refractivity contribution is 5.82. The molecule has 1 unspecified atom stereocenters. The number of aromatic hydroxyl groups is 1. The van der Waals surface area contributed by atoms with Crippen LogP contribution in [0.3, 0.4) is 0 Å². The molecular weight excluding hydrogens is 272 g/mol. The van der Waals surface area contributed by atoms with Gasteiger partial charge in [0.2, 0.25) is 0 Å². The van der Waals surface area contributed by atoms with Crippen LogP contribution in [0.5, 0.6) is 5.75 Å². The monoisotopic (exact) mass is 292 g/mol. The lowest BCUT2D eigenvalue weighted by atomic mass is 9.96. The van der Waals surface area contributed by atoms with Gasteiger partial charge in [0.25, 0.3) is 0 Å². The highest BCUT2D eigenvalue weighted by Crippen LogP contribution is 2.32. The summed E-state index contributed by atoms with van der Waals surface area (Å²) < 4.78 is 0. The molecule has 1 atom stereocenters. The second-order valence-electron chi connectivity index (χ2n) is 6.14. The fourth-order valence-electron chi connectivity index (χ4n) is 3.55. The zero-order valence-corrected chi connectivity index (χ0v) is 12.7. The smallest absolute Gasteiger partial charge is 0.115 e. The van der Waals surface area contributed by atoms with Crippen LogP contribution in [-0.2, 0) is 13.0 Å². The van der Waals surface area contributed by atoms with Crippen LogP contribution in [-0.4, -0.2) is 21.5 Å². The Balaban J connectivity index is 1.65. The SMILES string of the molecule is CC(c1cccc2cc[nH]c12)N1CCc2cc(O)ccc2C1. The number of aromatic amines is 1. The van der Waals surface area contributed by atoms with E-state index in [9.17, 15) is 5.11 Å². The fourth-order valence-corrected chi connectivity index (χ4v) is 3.55. The average Bonchev–Trinajstić information content (AvgIpc) is 3.02. The van der Waals surface area contributed by atoms with E-state index in [1.54, 1.807) is 6.07 Å². The van der Waals surface area contributed by atoms with Gasteiger partial charge in [0.15, 0.2) is 0 Å². The Morgan fingerprint density at radius 1 is 1.14 bits per heavy atom. The van der Waals surface area contributed by atoms with Crippen molar-refractivity contribution in [3.05, 3.63) is 65.4 Å². The molecule has 112 valence electrons. The predicted molar refractivity (Wildman–Crippen MR) is 88.9 cm³/mol. The minimum atomic E-state index is 0.365. The highest BCUT2D eigenvalue weighted by Gasteiger charge is 2.23. The van der Waals surface area contributed by atoms with E-state index >= 15 is 0 Å². The number of fused-ring (bicyclic) bond motifs is 2. The number of benzene rings is 2. The quantitative estimate of drug-likeness (QED) is 0.749. The molecule has 0 amide bonds. The standard InChI is InChI=1S/C19H20N2O/c1-13(18-4-2-3-14-7-9-20-19(14)18)21-10-8-15-11-17(22)6-5-16(15)12-21/h2-7,9,11,13,20,22H,8,10,12H2,1H3. The van der Waals surface area contributed by atoms with Gasteiger partial charge in [-0.05, 0) is 53.6 Å². The van der Waals surface area contributed by atoms with Gasteiger partial charge in [-0.25, -0.2) is 0 Å². The minimum Gasteiger partial charge on any atom is -0.508 e. The Hall–Kier alpha value is -2.26. The molecule has 22 heavy (non-hydrogen) atoms. The largest absolute Gasteiger partial charge is 0.508 e. The van der Waals surface area contributed by atoms with Gasteiger partial charge in [-0.3, -0.25) is 4.90 Å². The third kappa shape index (κ3) is 2.18. The maximum Gasteiger partial charge on any atom is 0.115 e. The first-order chi connectivity index (χ1) is 10.7. The molecule has 1 aliphatic rings. The molecule has 0 fully saturated rings. The highest BCUT2D eigenvalue weighted by atomic mass is 16.3. The molecule has 3 heteroatoms. The van der Waals surface area contributed by atoms with Gasteiger partial charge >= 0.3 is 0 Å². The number of rotatable bonds is 2. The van der Waals surface area contributed by atoms with E-state index in [1.165, 1.54) is 27.6 Å². The topological polar surface area (TPSA) is 39.3 Å². The van der Waals surface area contributed by atoms with Gasteiger partial charge in [-0.15, -0.1) is 0 Å². The van der Waals surface area contributed by atoms with Crippen LogP contribution in [0.15, 0.2) is 48.7 Å². The van der Waals surface area contributed by atoms with Crippen LogP contribution in [0, 0.1) is 0 Å². The Morgan fingerprint density at radius 2 is 2.05 bits per heavy atom. The second kappa shape index (κ2) is 5.18. The first kappa shape index (κ1) is 13.4. The lowest BCUT2D eigenvalue weighted by Crippen LogP contribution is -2.32. The molecule has 3 aromatic rings. The third-order valence-electron chi connectivity index (χ3n) is 4.85. The van der Waals surface area contributed by atoms with Crippen LogP contribution >= 0.6 is 0 Å². The van der Waals surface area contributed by atoms with E-state index in [0.29, 0.717) is 11.8 Å². The van der Waals surface area contributed by atoms with Gasteiger partial charge in [-0.1, -0.05) is 24.3 Å². The molecule has 1 aliphatic heterocycles. The summed E-state index contributed by atoms with van der Waals surface area (Å²) in [4.78, 5) is 5.88. The van der Waals surface area contributed by atoms with Crippen molar-refractivity contribution in [3.63, 3.8) is 0 Å². The second-order valence-corrected chi connectivity index (χ2v) is 6.14. The minimum absolute atomic E-state index is 0.365. The van der Waals surface area contributed by atoms with E-state index in [1.807, 2.05) is 12.3 Å². The Kier molecular flexibility index (Phi) is 3.16. The molecule has 0 saturated carbocycles. The van der Waals surface area contributed by atoms with E-state index in [-0.39, 0.29) is 0 Å². The normalized spacial score (nSPS) is 16.6. The number of H-pyrrole nitrogens is 1. The average molecular weight is 292 g/mol. The van der Waals surface area contributed by atoms with Crippen LogP contribution in [0.1, 0.15) is 29.7 Å². The van der Waals surface area contributed by atoms with Gasteiger partial charge in [0.1, 0.15) is 5.75 Å². The van der Waals surface area contributed by atoms with Gasteiger partial charge < -0.3 is 10.1 Å². The van der Waals surface area contributed by atoms with Crippen LogP contribution in [0.4, 0.5) is 0 Å². The van der Waals surface area contributed by atoms with Crippen LogP contribution < -0.4 is 0 Å². The van der Waals surface area contributed by atoms with E-state index in [2.05, 4.69) is 47.1 Å². The summed E-state index contributed by atoms with van der Waals surface area (Å²) in [5.74, 6) is 0.372. The molecule has 2 heterocycles. The van der Waals surface area contributed by atoms with E-state index < -0.39 is 0 Å². The summed E-state index contributed by atoms with van der Waals surface area (Å²) in [5, 5.41) is 10.9. The zero-order valence-electron chi connectivity index (χ0n) is 12.7. The fraction of sp³-hybridized carbons (Fsp3) is 0.263. The van der Waals surface area contributed by atoms with Crippen LogP contribution in [0.2, 0.25) is 0 Å². The number of phenols is 1. The van der Waals surface area contributed by atoms with Crippen molar-refractivity contribution in [1.82, 2.24) is 9.88 Å². The number of nitrogens with zero attached hydrogens (tertiary/aromatic N) is 1. The molecule has 2 aromatic carbocycles. The number of nitrogens with one attached hydrogen (secondary N) is 1. The Labute approximate surface area is 130 Å². The van der Waals surface area contributed by atoms with Crippen LogP contribution in [0.25, 0.3) is 10.9 Å². The van der Waals surface area contributed by atoms with E-state index in [0.717, 1.165) is 19.5 Å². The lowest BCUT2D eigenvalue weighted by molar-refractivity contribution is 0.193. The predicted octanol–water partition coefficient (Wildman–Crippen LogP) is 3.99. The summed E-state index contributed by atoms with van der Waals surface area (Å²) in [6.45, 7) is 4.24. The van der Waals surface area contributed by atoms with Gasteiger partial charge in [0.05, 0.1) is 5.52 Å². The van der Waals surface area contributed by atoms with Crippen molar-refractivity contribution in [1.29, 1.82) is 0 Å². The number of hydrogen-bond donors (Lipinski definition) is 2. The molecule has 0 bridgehead atoms. The molecule has 2 N–H and O–H groups in total. The summed E-state index contributed by atoms with van der Waals surface area (Å²) in [6.07, 6.45) is 3.00. The molecule has 0 spiro atoms. The van der Waals surface area contributed by atoms with Crippen molar-refractivity contribution in [3.8, 4) is 5.75 Å². The number of aromatic nitrogens is 1. The summed E-state index contributed by atoms with van der Waals surface area (Å²) in [7, 11) is 0. The molecule has 0 saturated heterocycles. The summed E-state index contributed by atoms with van der Waals surface area (Å²) >= 11 is 0. The maximum absolute atomic E-state index is 9.62. The van der Waals surface area contributed by atoms with Crippen molar-refractivity contribution in [2.45, 2.75) is 25.9 Å². The lowest BCUT2D eigenvalue weighted by Gasteiger charge is -2.34. The first-order valence-corrected chi connectivity index (χ1v) is 7.83. The molecular formula is C19H20N2O. The molecule has 1 aromatic heterocycles. The van der Waals surface area contributed by atoms with Gasteiger partial charge in [0, 0.05) is 25.3 Å². The zero-order chi connectivity index (χ0) is 15.1. The van der Waals surface area contributed by atoms with E-state index in [4.69, 9.17) is 0 Å². The molecule has 0 radical (unpaired) electrons. The maximum atomic E-state index is 9.62. The number of phenolic OH excluding ortho intramolecular Hbond substituents is 1. The first-order valence-electron chi connectivity index (χ1n) is 7.83. The molecule has 0 aliphatic carbocycles. The molecule has 3 nitrogen and oxygen atoms in total. The van der Waals surface area contributed by atoms with Crippen molar-refractivity contribution in [2.75, 3.05) is 6.54 Å². The van der Waals surface area contributed by atoms with Crippen molar-refractivity contribution in [2.24, 2.45) is 0 Å². The Bertz CT molecular complexity index is 821. The van der Waals surface area contributed by atoms with Gasteiger partial charge in [-0.2, -0.15) is 0 Å². The Morgan fingerprint density at radius 3 is 2.95 bits per heavy atom. The number of para-hydroxylation sites is 1. The van der Waals surface area contributed by atoms with Crippen molar-refractivity contribution >= 4 is 10.9 Å². The summed E-state index contributed by atoms with van der Waals surface area (Å²) in [5.41, 5.74) is 5.20.